The summed E-state index contributed by atoms with van der Waals surface area (Å²) in [7, 11) is 0. The van der Waals surface area contributed by atoms with Crippen LogP contribution in [0.2, 0.25) is 0 Å². The van der Waals surface area contributed by atoms with Gasteiger partial charge in [-0.05, 0) is 46.5 Å². The third-order valence-electron chi connectivity index (χ3n) is 5.21. The molecule has 0 spiro atoms. The fourth-order valence-electron chi connectivity index (χ4n) is 4.02. The summed E-state index contributed by atoms with van der Waals surface area (Å²) in [5, 5.41) is 0. The Labute approximate surface area is 130 Å². The van der Waals surface area contributed by atoms with Gasteiger partial charge >= 0.3 is 0 Å². The van der Waals surface area contributed by atoms with Gasteiger partial charge < -0.3 is 10.6 Å². The van der Waals surface area contributed by atoms with Gasteiger partial charge in [-0.1, -0.05) is 19.3 Å². The number of rotatable bonds is 4. The monoisotopic (exact) mass is 295 g/mol. The van der Waals surface area contributed by atoms with E-state index in [1.807, 2.05) is 0 Å². The molecule has 2 rings (SSSR count). The van der Waals surface area contributed by atoms with Crippen LogP contribution in [0.15, 0.2) is 0 Å². The number of hydrogen-bond acceptors (Lipinski definition) is 3. The van der Waals surface area contributed by atoms with Crippen molar-refractivity contribution in [3.05, 3.63) is 0 Å². The van der Waals surface area contributed by atoms with Gasteiger partial charge in [-0.2, -0.15) is 0 Å². The second-order valence-electron chi connectivity index (χ2n) is 7.29. The number of nitrogens with two attached hydrogens (primary N) is 1. The molecule has 0 bridgehead atoms. The molecule has 0 aromatic heterocycles. The molecule has 1 amide bonds. The zero-order valence-corrected chi connectivity index (χ0v) is 14.1. The first-order valence-electron chi connectivity index (χ1n) is 8.79. The lowest BCUT2D eigenvalue weighted by Crippen LogP contribution is -2.53. The number of amides is 1. The standard InChI is InChI=1S/C17H33N3O/c1-13(2)20(16-7-5-4-6-8-16)17(21)12-19-10-9-15(18)11-14(19)3/h13-16H,4-12,18H2,1-3H3. The molecule has 2 atom stereocenters. The molecule has 2 aliphatic rings. The van der Waals surface area contributed by atoms with Gasteiger partial charge in [0.25, 0.3) is 0 Å². The Morgan fingerprint density at radius 1 is 1.24 bits per heavy atom. The normalized spacial score (nSPS) is 28.8. The Hall–Kier alpha value is -0.610. The number of nitrogens with zero attached hydrogens (tertiary/aromatic N) is 2. The number of carbonyl (C=O) groups is 1. The van der Waals surface area contributed by atoms with Gasteiger partial charge in [0.2, 0.25) is 5.91 Å². The molecule has 2 fully saturated rings. The van der Waals surface area contributed by atoms with E-state index in [-0.39, 0.29) is 0 Å². The highest BCUT2D eigenvalue weighted by Gasteiger charge is 2.31. The van der Waals surface area contributed by atoms with Gasteiger partial charge in [-0.15, -0.1) is 0 Å². The van der Waals surface area contributed by atoms with Crippen LogP contribution in [-0.2, 0) is 4.79 Å². The van der Waals surface area contributed by atoms with Gasteiger partial charge in [-0.3, -0.25) is 9.69 Å². The second kappa shape index (κ2) is 7.59. The second-order valence-corrected chi connectivity index (χ2v) is 7.29. The Bertz CT molecular complexity index is 339. The Kier molecular flexibility index (Phi) is 6.06. The molecule has 4 nitrogen and oxygen atoms in total. The van der Waals surface area contributed by atoms with Crippen molar-refractivity contribution in [3.8, 4) is 0 Å². The smallest absolute Gasteiger partial charge is 0.237 e. The van der Waals surface area contributed by atoms with Crippen molar-refractivity contribution in [2.24, 2.45) is 5.73 Å². The molecule has 0 aromatic rings. The van der Waals surface area contributed by atoms with E-state index in [2.05, 4.69) is 30.6 Å². The van der Waals surface area contributed by atoms with E-state index in [1.54, 1.807) is 0 Å². The van der Waals surface area contributed by atoms with Crippen LogP contribution in [-0.4, -0.2) is 53.0 Å². The van der Waals surface area contributed by atoms with E-state index in [0.717, 1.165) is 19.4 Å². The van der Waals surface area contributed by atoms with E-state index in [0.29, 0.717) is 36.6 Å². The molecular weight excluding hydrogens is 262 g/mol. The summed E-state index contributed by atoms with van der Waals surface area (Å²) in [5.41, 5.74) is 6.02. The molecule has 0 radical (unpaired) electrons. The van der Waals surface area contributed by atoms with Crippen molar-refractivity contribution in [2.75, 3.05) is 13.1 Å². The Morgan fingerprint density at radius 3 is 2.48 bits per heavy atom. The summed E-state index contributed by atoms with van der Waals surface area (Å²) < 4.78 is 0. The predicted octanol–water partition coefficient (Wildman–Crippen LogP) is 2.37. The molecule has 2 unspecified atom stereocenters. The van der Waals surface area contributed by atoms with E-state index >= 15 is 0 Å². The molecule has 2 N–H and O–H groups in total. The van der Waals surface area contributed by atoms with E-state index in [1.165, 1.54) is 32.1 Å². The zero-order chi connectivity index (χ0) is 15.4. The van der Waals surface area contributed by atoms with Crippen LogP contribution in [0.5, 0.6) is 0 Å². The third kappa shape index (κ3) is 4.43. The summed E-state index contributed by atoms with van der Waals surface area (Å²) in [4.78, 5) is 17.3. The highest BCUT2D eigenvalue weighted by molar-refractivity contribution is 5.79. The lowest BCUT2D eigenvalue weighted by atomic mass is 9.93. The molecule has 1 heterocycles. The maximum Gasteiger partial charge on any atom is 0.237 e. The molecule has 1 aliphatic carbocycles. The van der Waals surface area contributed by atoms with Crippen LogP contribution >= 0.6 is 0 Å². The Balaban J connectivity index is 1.95. The van der Waals surface area contributed by atoms with Gasteiger partial charge in [0.05, 0.1) is 6.54 Å². The van der Waals surface area contributed by atoms with Crippen LogP contribution in [0, 0.1) is 0 Å². The van der Waals surface area contributed by atoms with Gasteiger partial charge in [0.15, 0.2) is 0 Å². The molecule has 21 heavy (non-hydrogen) atoms. The summed E-state index contributed by atoms with van der Waals surface area (Å²) >= 11 is 0. The Morgan fingerprint density at radius 2 is 1.90 bits per heavy atom. The first-order chi connectivity index (χ1) is 9.99. The predicted molar refractivity (Wildman–Crippen MR) is 87.1 cm³/mol. The lowest BCUT2D eigenvalue weighted by molar-refractivity contribution is -0.138. The van der Waals surface area contributed by atoms with Crippen LogP contribution in [0.3, 0.4) is 0 Å². The van der Waals surface area contributed by atoms with Crippen molar-refractivity contribution in [2.45, 2.75) is 89.9 Å². The molecule has 1 saturated heterocycles. The number of hydrogen-bond donors (Lipinski definition) is 1. The van der Waals surface area contributed by atoms with Crippen molar-refractivity contribution in [1.82, 2.24) is 9.80 Å². The van der Waals surface area contributed by atoms with Crippen molar-refractivity contribution < 1.29 is 4.79 Å². The maximum absolute atomic E-state index is 12.8. The average molecular weight is 295 g/mol. The van der Waals surface area contributed by atoms with Crippen LogP contribution in [0.25, 0.3) is 0 Å². The summed E-state index contributed by atoms with van der Waals surface area (Å²) in [6, 6.07) is 1.51. The maximum atomic E-state index is 12.8. The van der Waals surface area contributed by atoms with Crippen LogP contribution < -0.4 is 5.73 Å². The van der Waals surface area contributed by atoms with E-state index in [4.69, 9.17) is 5.73 Å². The van der Waals surface area contributed by atoms with E-state index in [9.17, 15) is 4.79 Å². The van der Waals surface area contributed by atoms with Crippen molar-refractivity contribution in [3.63, 3.8) is 0 Å². The minimum atomic E-state index is 0.308. The topological polar surface area (TPSA) is 49.6 Å². The molecule has 1 aliphatic heterocycles. The van der Waals surface area contributed by atoms with Crippen molar-refractivity contribution in [1.29, 1.82) is 0 Å². The average Bonchev–Trinajstić information content (AvgIpc) is 2.43. The summed E-state index contributed by atoms with van der Waals surface area (Å²) in [6.45, 7) is 8.05. The quantitative estimate of drug-likeness (QED) is 0.866. The first kappa shape index (κ1) is 16.8. The molecule has 0 aromatic carbocycles. The molecule has 122 valence electrons. The fraction of sp³-hybridized carbons (Fsp3) is 0.941. The number of carbonyl (C=O) groups excluding carboxylic acids is 1. The first-order valence-corrected chi connectivity index (χ1v) is 8.79. The fourth-order valence-corrected chi connectivity index (χ4v) is 4.02. The highest BCUT2D eigenvalue weighted by atomic mass is 16.2. The summed E-state index contributed by atoms with van der Waals surface area (Å²) in [5.74, 6) is 0.319. The molecular formula is C17H33N3O. The summed E-state index contributed by atoms with van der Waals surface area (Å²) in [6.07, 6.45) is 8.28. The minimum absolute atomic E-state index is 0.308. The van der Waals surface area contributed by atoms with Gasteiger partial charge in [0, 0.05) is 30.7 Å². The SMILES string of the molecule is CC1CC(N)CCN1CC(=O)N(C(C)C)C1CCCCC1. The lowest BCUT2D eigenvalue weighted by Gasteiger charge is -2.41. The van der Waals surface area contributed by atoms with Gasteiger partial charge in [-0.25, -0.2) is 0 Å². The van der Waals surface area contributed by atoms with Crippen LogP contribution in [0.4, 0.5) is 0 Å². The minimum Gasteiger partial charge on any atom is -0.336 e. The van der Waals surface area contributed by atoms with E-state index < -0.39 is 0 Å². The number of piperidine rings is 1. The van der Waals surface area contributed by atoms with Crippen LogP contribution in [0.1, 0.15) is 65.7 Å². The number of likely N-dealkylation sites (tertiary alicyclic amines) is 1. The van der Waals surface area contributed by atoms with Crippen molar-refractivity contribution >= 4 is 5.91 Å². The zero-order valence-electron chi connectivity index (χ0n) is 14.1. The molecule has 1 saturated carbocycles. The third-order valence-corrected chi connectivity index (χ3v) is 5.21. The molecule has 4 heteroatoms. The van der Waals surface area contributed by atoms with Gasteiger partial charge in [0.1, 0.15) is 0 Å². The largest absolute Gasteiger partial charge is 0.336 e. The highest BCUT2D eigenvalue weighted by Crippen LogP contribution is 2.25.